The molecular formula is C16H19IN2O3S. The summed E-state index contributed by atoms with van der Waals surface area (Å²) in [7, 11) is 0. The number of aromatic hydroxyl groups is 1. The molecule has 0 aromatic heterocycles. The highest BCUT2D eigenvalue weighted by Gasteiger charge is 2.31. The maximum Gasteiger partial charge on any atom is 0.266 e. The fourth-order valence-corrected chi connectivity index (χ4v) is 3.86. The van der Waals surface area contributed by atoms with Crippen LogP contribution in [0.3, 0.4) is 0 Å². The van der Waals surface area contributed by atoms with Crippen molar-refractivity contribution in [2.45, 2.75) is 20.8 Å². The third-order valence-electron chi connectivity index (χ3n) is 3.15. The van der Waals surface area contributed by atoms with E-state index in [2.05, 4.69) is 27.6 Å². The fraction of sp³-hybridized carbons (Fsp3) is 0.375. The lowest BCUT2D eigenvalue weighted by Crippen LogP contribution is -2.28. The van der Waals surface area contributed by atoms with Crippen LogP contribution in [0.15, 0.2) is 22.0 Å². The number of halogens is 1. The van der Waals surface area contributed by atoms with Gasteiger partial charge in [-0.2, -0.15) is 0 Å². The van der Waals surface area contributed by atoms with Gasteiger partial charge in [-0.25, -0.2) is 0 Å². The third-order valence-corrected chi connectivity index (χ3v) is 5.01. The smallest absolute Gasteiger partial charge is 0.266 e. The molecule has 0 spiro atoms. The molecule has 1 amide bonds. The highest BCUT2D eigenvalue weighted by molar-refractivity contribution is 14.1. The van der Waals surface area contributed by atoms with Crippen molar-refractivity contribution in [3.8, 4) is 11.5 Å². The summed E-state index contributed by atoms with van der Waals surface area (Å²) < 4.78 is 6.13. The van der Waals surface area contributed by atoms with Gasteiger partial charge in [0, 0.05) is 13.1 Å². The topological polar surface area (TPSA) is 62.1 Å². The van der Waals surface area contributed by atoms with Gasteiger partial charge >= 0.3 is 0 Å². The summed E-state index contributed by atoms with van der Waals surface area (Å²) in [6.45, 7) is 7.45. The number of aliphatic imine (C=N–C) groups is 1. The van der Waals surface area contributed by atoms with E-state index in [0.717, 1.165) is 10.7 Å². The molecule has 124 valence electrons. The Kier molecular flexibility index (Phi) is 6.34. The molecule has 7 heteroatoms. The minimum atomic E-state index is -0.0363. The number of nitrogens with zero attached hydrogens (tertiary/aromatic N) is 2. The zero-order valence-corrected chi connectivity index (χ0v) is 16.3. The maximum absolute atomic E-state index is 12.5. The normalized spacial score (nSPS) is 18.3. The standard InChI is InChI=1S/C16H19IN2O3S/c1-4-18-16-19(5-2)15(21)13(23-16)9-10-7-11(17)14(20)12(8-10)22-6-3/h7-9,20H,4-6H2,1-3H3/b13-9-,18-16?. The quantitative estimate of drug-likeness (QED) is 0.554. The van der Waals surface area contributed by atoms with E-state index in [9.17, 15) is 9.90 Å². The molecular weight excluding hydrogens is 427 g/mol. The SMILES string of the molecule is CCN=C1S/C(=C\c2cc(I)c(O)c(OCC)c2)C(=O)N1CC. The largest absolute Gasteiger partial charge is 0.504 e. The van der Waals surface area contributed by atoms with Gasteiger partial charge in [-0.3, -0.25) is 14.7 Å². The Morgan fingerprint density at radius 3 is 2.74 bits per heavy atom. The first kappa shape index (κ1) is 18.1. The minimum Gasteiger partial charge on any atom is -0.504 e. The number of likely N-dealkylation sites (N-methyl/N-ethyl adjacent to an activating group) is 1. The summed E-state index contributed by atoms with van der Waals surface area (Å²) in [6, 6.07) is 3.57. The Morgan fingerprint density at radius 1 is 1.39 bits per heavy atom. The average Bonchev–Trinajstić information content (AvgIpc) is 2.80. The van der Waals surface area contributed by atoms with Crippen LogP contribution < -0.4 is 4.74 Å². The van der Waals surface area contributed by atoms with E-state index in [1.807, 2.05) is 32.9 Å². The molecule has 0 unspecified atom stereocenters. The van der Waals surface area contributed by atoms with E-state index in [1.54, 1.807) is 11.0 Å². The molecule has 0 saturated carbocycles. The number of phenolic OH excluding ortho intramolecular Hbond substituents is 1. The summed E-state index contributed by atoms with van der Waals surface area (Å²) in [5.74, 6) is 0.519. The van der Waals surface area contributed by atoms with Gasteiger partial charge in [0.1, 0.15) is 0 Å². The lowest BCUT2D eigenvalue weighted by atomic mass is 10.2. The van der Waals surface area contributed by atoms with Crippen molar-refractivity contribution in [3.05, 3.63) is 26.2 Å². The van der Waals surface area contributed by atoms with Crippen LogP contribution in [0.2, 0.25) is 0 Å². The second kappa shape index (κ2) is 8.05. The van der Waals surface area contributed by atoms with E-state index in [4.69, 9.17) is 4.74 Å². The lowest BCUT2D eigenvalue weighted by Gasteiger charge is -2.11. The summed E-state index contributed by atoms with van der Waals surface area (Å²) in [6.07, 6.45) is 1.82. The molecule has 2 rings (SSSR count). The fourth-order valence-electron chi connectivity index (χ4n) is 2.13. The van der Waals surface area contributed by atoms with E-state index in [1.165, 1.54) is 11.8 Å². The first-order valence-corrected chi connectivity index (χ1v) is 9.32. The van der Waals surface area contributed by atoms with Crippen molar-refractivity contribution in [2.75, 3.05) is 19.7 Å². The van der Waals surface area contributed by atoms with Crippen LogP contribution in [0.4, 0.5) is 0 Å². The van der Waals surface area contributed by atoms with Crippen molar-refractivity contribution in [1.82, 2.24) is 4.90 Å². The van der Waals surface area contributed by atoms with Crippen LogP contribution in [0.25, 0.3) is 6.08 Å². The molecule has 1 aromatic carbocycles. The van der Waals surface area contributed by atoms with Crippen LogP contribution in [0.1, 0.15) is 26.3 Å². The Bertz CT molecular complexity index is 674. The van der Waals surface area contributed by atoms with Gasteiger partial charge in [0.15, 0.2) is 16.7 Å². The Labute approximate surface area is 153 Å². The number of hydrogen-bond donors (Lipinski definition) is 1. The molecule has 1 saturated heterocycles. The number of rotatable bonds is 5. The predicted octanol–water partition coefficient (Wildman–Crippen LogP) is 3.71. The van der Waals surface area contributed by atoms with E-state index in [-0.39, 0.29) is 11.7 Å². The maximum atomic E-state index is 12.5. The highest BCUT2D eigenvalue weighted by atomic mass is 127. The molecule has 23 heavy (non-hydrogen) atoms. The van der Waals surface area contributed by atoms with Gasteiger partial charge in [-0.15, -0.1) is 0 Å². The van der Waals surface area contributed by atoms with Crippen LogP contribution in [0.5, 0.6) is 11.5 Å². The van der Waals surface area contributed by atoms with E-state index >= 15 is 0 Å². The van der Waals surface area contributed by atoms with Crippen LogP contribution >= 0.6 is 34.4 Å². The number of carbonyl (C=O) groups is 1. The van der Waals surface area contributed by atoms with Gasteiger partial charge in [0.05, 0.1) is 15.1 Å². The first-order chi connectivity index (χ1) is 11.0. The predicted molar refractivity (Wildman–Crippen MR) is 103 cm³/mol. The van der Waals surface area contributed by atoms with E-state index < -0.39 is 0 Å². The van der Waals surface area contributed by atoms with Crippen molar-refractivity contribution in [1.29, 1.82) is 0 Å². The first-order valence-electron chi connectivity index (χ1n) is 7.42. The number of carbonyl (C=O) groups excluding carboxylic acids is 1. The van der Waals surface area contributed by atoms with Gasteiger partial charge < -0.3 is 9.84 Å². The monoisotopic (exact) mass is 446 g/mol. The van der Waals surface area contributed by atoms with Gasteiger partial charge in [-0.05, 0) is 78.9 Å². The Balaban J connectivity index is 2.39. The number of ether oxygens (including phenoxy) is 1. The summed E-state index contributed by atoms with van der Waals surface area (Å²) in [5.41, 5.74) is 0.820. The van der Waals surface area contributed by atoms with Gasteiger partial charge in [0.25, 0.3) is 5.91 Å². The third kappa shape index (κ3) is 4.00. The van der Waals surface area contributed by atoms with Crippen molar-refractivity contribution in [2.24, 2.45) is 4.99 Å². The van der Waals surface area contributed by atoms with Gasteiger partial charge in [0.2, 0.25) is 0 Å². The Hall–Kier alpha value is -1.22. The molecule has 0 radical (unpaired) electrons. The van der Waals surface area contributed by atoms with Crippen molar-refractivity contribution in [3.63, 3.8) is 0 Å². The summed E-state index contributed by atoms with van der Waals surface area (Å²) in [4.78, 5) is 19.1. The number of thioether (sulfide) groups is 1. The average molecular weight is 446 g/mol. The van der Waals surface area contributed by atoms with Crippen LogP contribution in [-0.4, -0.2) is 40.8 Å². The van der Waals surface area contributed by atoms with Crippen molar-refractivity contribution < 1.29 is 14.6 Å². The zero-order chi connectivity index (χ0) is 17.0. The molecule has 1 aromatic rings. The molecule has 0 aliphatic carbocycles. The van der Waals surface area contributed by atoms with Gasteiger partial charge in [-0.1, -0.05) is 0 Å². The lowest BCUT2D eigenvalue weighted by molar-refractivity contribution is -0.122. The second-order valence-electron chi connectivity index (χ2n) is 4.70. The minimum absolute atomic E-state index is 0.0363. The molecule has 0 bridgehead atoms. The number of phenols is 1. The van der Waals surface area contributed by atoms with E-state index in [0.29, 0.717) is 33.9 Å². The molecule has 5 nitrogen and oxygen atoms in total. The highest BCUT2D eigenvalue weighted by Crippen LogP contribution is 2.36. The zero-order valence-electron chi connectivity index (χ0n) is 13.3. The number of amides is 1. The van der Waals surface area contributed by atoms with Crippen LogP contribution in [0, 0.1) is 3.57 Å². The molecule has 1 aliphatic heterocycles. The molecule has 1 fully saturated rings. The van der Waals surface area contributed by atoms with Crippen molar-refractivity contribution >= 4 is 51.5 Å². The Morgan fingerprint density at radius 2 is 2.13 bits per heavy atom. The summed E-state index contributed by atoms with van der Waals surface area (Å²) >= 11 is 3.43. The number of benzene rings is 1. The summed E-state index contributed by atoms with van der Waals surface area (Å²) in [5, 5.41) is 10.7. The molecule has 1 aliphatic rings. The van der Waals surface area contributed by atoms with Crippen LogP contribution in [-0.2, 0) is 4.79 Å². The number of amidine groups is 1. The molecule has 1 heterocycles. The second-order valence-corrected chi connectivity index (χ2v) is 6.87. The molecule has 0 atom stereocenters. The number of hydrogen-bond acceptors (Lipinski definition) is 5. The molecule has 1 N–H and O–H groups in total.